The molecule has 0 aliphatic carbocycles. The van der Waals surface area contributed by atoms with E-state index in [2.05, 4.69) is 25.5 Å². The molecular formula is C19H26N4O6. The fraction of sp³-hybridized carbons (Fsp3) is 0.421. The van der Waals surface area contributed by atoms with E-state index in [1.54, 1.807) is 31.2 Å². The van der Waals surface area contributed by atoms with E-state index >= 15 is 0 Å². The summed E-state index contributed by atoms with van der Waals surface area (Å²) in [6.07, 6.45) is 0.734. The largest absolute Gasteiger partial charge is 0.464 e. The highest BCUT2D eigenvalue weighted by molar-refractivity contribution is 6.65. The number of ether oxygens (including phenoxy) is 1. The molecule has 158 valence electrons. The van der Waals surface area contributed by atoms with E-state index in [9.17, 15) is 9.59 Å². The normalized spacial score (nSPS) is 12.2. The van der Waals surface area contributed by atoms with Crippen LogP contribution in [0.3, 0.4) is 0 Å². The van der Waals surface area contributed by atoms with Crippen molar-refractivity contribution in [2.45, 2.75) is 26.9 Å². The molecule has 0 fully saturated rings. The summed E-state index contributed by atoms with van der Waals surface area (Å²) in [5, 5.41) is 14.0. The van der Waals surface area contributed by atoms with Crippen molar-refractivity contribution in [3.63, 3.8) is 0 Å². The maximum Gasteiger partial charge on any atom is 0.362 e. The van der Waals surface area contributed by atoms with Gasteiger partial charge in [0, 0.05) is 18.2 Å². The Balaban J connectivity index is 3.03. The lowest BCUT2D eigenvalue weighted by Gasteiger charge is -2.10. The highest BCUT2D eigenvalue weighted by Crippen LogP contribution is 2.13. The number of rotatable bonds is 11. The highest BCUT2D eigenvalue weighted by Gasteiger charge is 2.19. The lowest BCUT2D eigenvalue weighted by molar-refractivity contribution is -0.132. The van der Waals surface area contributed by atoms with Crippen molar-refractivity contribution >= 4 is 29.0 Å². The van der Waals surface area contributed by atoms with Crippen molar-refractivity contribution < 1.29 is 28.8 Å². The quantitative estimate of drug-likeness (QED) is 0.258. The minimum atomic E-state index is -0.694. The highest BCUT2D eigenvalue weighted by atomic mass is 16.6. The van der Waals surface area contributed by atoms with Crippen molar-refractivity contribution in [3.05, 3.63) is 35.4 Å². The van der Waals surface area contributed by atoms with Crippen molar-refractivity contribution in [1.29, 1.82) is 0 Å². The Morgan fingerprint density at radius 3 is 2.41 bits per heavy atom. The molecular weight excluding hydrogens is 380 g/mol. The number of carbonyl (C=O) groups is 2. The SMILES string of the molecule is CCCON=C(C(=O)OC)C(C)=NOCc1ccccc1C(=NOC)C(=O)NC. The van der Waals surface area contributed by atoms with Crippen LogP contribution in [0.2, 0.25) is 0 Å². The molecule has 1 aromatic rings. The van der Waals surface area contributed by atoms with Crippen LogP contribution >= 0.6 is 0 Å². The molecule has 1 rings (SSSR count). The Morgan fingerprint density at radius 2 is 1.79 bits per heavy atom. The van der Waals surface area contributed by atoms with Gasteiger partial charge >= 0.3 is 5.97 Å². The Bertz CT molecular complexity index is 789. The molecule has 0 radical (unpaired) electrons. The van der Waals surface area contributed by atoms with Gasteiger partial charge in [-0.05, 0) is 13.3 Å². The number of nitrogens with zero attached hydrogens (tertiary/aromatic N) is 3. The molecule has 10 nitrogen and oxygen atoms in total. The van der Waals surface area contributed by atoms with E-state index in [1.807, 2.05) is 6.92 Å². The number of nitrogens with one attached hydrogen (secondary N) is 1. The van der Waals surface area contributed by atoms with Gasteiger partial charge in [-0.2, -0.15) is 0 Å². The van der Waals surface area contributed by atoms with Gasteiger partial charge in [-0.1, -0.05) is 46.7 Å². The van der Waals surface area contributed by atoms with Gasteiger partial charge in [-0.15, -0.1) is 0 Å². The van der Waals surface area contributed by atoms with Gasteiger partial charge in [-0.3, -0.25) is 4.79 Å². The summed E-state index contributed by atoms with van der Waals surface area (Å²) in [5.74, 6) is -1.10. The predicted octanol–water partition coefficient (Wildman–Crippen LogP) is 1.63. The molecule has 0 saturated carbocycles. The summed E-state index contributed by atoms with van der Waals surface area (Å²) < 4.78 is 4.68. The fourth-order valence-corrected chi connectivity index (χ4v) is 2.09. The second kappa shape index (κ2) is 12.9. The number of hydrogen-bond acceptors (Lipinski definition) is 9. The number of esters is 1. The smallest absolute Gasteiger partial charge is 0.362 e. The van der Waals surface area contributed by atoms with Crippen LogP contribution in [-0.4, -0.2) is 56.9 Å². The zero-order valence-electron chi connectivity index (χ0n) is 17.2. The predicted molar refractivity (Wildman–Crippen MR) is 108 cm³/mol. The number of oxime groups is 3. The van der Waals surface area contributed by atoms with Crippen LogP contribution in [0.4, 0.5) is 0 Å². The fourth-order valence-electron chi connectivity index (χ4n) is 2.09. The van der Waals surface area contributed by atoms with Crippen molar-refractivity contribution in [3.8, 4) is 0 Å². The standard InChI is InChI=1S/C19H26N4O6/c1-6-11-28-23-16(19(25)26-4)13(2)21-29-12-14-9-7-8-10-15(14)17(22-27-5)18(24)20-3/h7-10H,6,11-12H2,1-5H3,(H,20,24). The molecule has 0 aliphatic rings. The van der Waals surface area contributed by atoms with Crippen LogP contribution in [-0.2, 0) is 35.4 Å². The number of amides is 1. The lowest BCUT2D eigenvalue weighted by atomic mass is 10.0. The molecule has 0 bridgehead atoms. The third-order valence-corrected chi connectivity index (χ3v) is 3.49. The summed E-state index contributed by atoms with van der Waals surface area (Å²) in [6, 6.07) is 7.01. The maximum atomic E-state index is 12.1. The van der Waals surface area contributed by atoms with Gasteiger partial charge in [0.15, 0.2) is 5.71 Å². The lowest BCUT2D eigenvalue weighted by Crippen LogP contribution is -2.29. The molecule has 1 N–H and O–H groups in total. The van der Waals surface area contributed by atoms with Crippen LogP contribution < -0.4 is 5.32 Å². The molecule has 29 heavy (non-hydrogen) atoms. The second-order valence-corrected chi connectivity index (χ2v) is 5.57. The minimum Gasteiger partial charge on any atom is -0.464 e. The molecule has 1 amide bonds. The van der Waals surface area contributed by atoms with E-state index < -0.39 is 11.9 Å². The van der Waals surface area contributed by atoms with E-state index in [4.69, 9.17) is 14.5 Å². The average Bonchev–Trinajstić information content (AvgIpc) is 2.74. The van der Waals surface area contributed by atoms with Gasteiger partial charge < -0.3 is 24.6 Å². The minimum absolute atomic E-state index is 0.0114. The number of benzene rings is 1. The van der Waals surface area contributed by atoms with Gasteiger partial charge in [0.05, 0.1) is 7.11 Å². The van der Waals surface area contributed by atoms with Crippen LogP contribution in [0.15, 0.2) is 39.7 Å². The molecule has 1 aromatic carbocycles. The monoisotopic (exact) mass is 406 g/mol. The number of methoxy groups -OCH3 is 1. The Hall–Kier alpha value is -3.43. The van der Waals surface area contributed by atoms with Crippen molar-refractivity contribution in [1.82, 2.24) is 5.32 Å². The Labute approximate surface area is 169 Å². The number of carbonyl (C=O) groups excluding carboxylic acids is 2. The third-order valence-electron chi connectivity index (χ3n) is 3.49. The molecule has 0 spiro atoms. The molecule has 0 aromatic heterocycles. The van der Waals surface area contributed by atoms with Crippen molar-refractivity contribution in [2.75, 3.05) is 27.9 Å². The molecule has 0 aliphatic heterocycles. The van der Waals surface area contributed by atoms with E-state index in [-0.39, 0.29) is 23.7 Å². The summed E-state index contributed by atoms with van der Waals surface area (Å²) >= 11 is 0. The van der Waals surface area contributed by atoms with Crippen molar-refractivity contribution in [2.24, 2.45) is 15.5 Å². The van der Waals surface area contributed by atoms with Gasteiger partial charge in [0.1, 0.15) is 26.0 Å². The molecule has 0 atom stereocenters. The van der Waals surface area contributed by atoms with E-state index in [0.29, 0.717) is 17.7 Å². The van der Waals surface area contributed by atoms with E-state index in [0.717, 1.165) is 6.42 Å². The van der Waals surface area contributed by atoms with Gasteiger partial charge in [0.2, 0.25) is 5.71 Å². The van der Waals surface area contributed by atoms with Gasteiger partial charge in [-0.25, -0.2) is 4.79 Å². The molecule has 0 saturated heterocycles. The summed E-state index contributed by atoms with van der Waals surface area (Å²) in [4.78, 5) is 39.1. The number of hydrogen-bond donors (Lipinski definition) is 1. The van der Waals surface area contributed by atoms with Crippen LogP contribution in [0.5, 0.6) is 0 Å². The van der Waals surface area contributed by atoms with Crippen LogP contribution in [0.25, 0.3) is 0 Å². The van der Waals surface area contributed by atoms with Crippen LogP contribution in [0, 0.1) is 0 Å². The Kier molecular flexibility index (Phi) is 10.5. The first-order chi connectivity index (χ1) is 14.0. The van der Waals surface area contributed by atoms with E-state index in [1.165, 1.54) is 21.3 Å². The van der Waals surface area contributed by atoms with Gasteiger partial charge in [0.25, 0.3) is 5.91 Å². The summed E-state index contributed by atoms with van der Waals surface area (Å²) in [6.45, 7) is 3.81. The second-order valence-electron chi connectivity index (χ2n) is 5.57. The third kappa shape index (κ3) is 7.24. The summed E-state index contributed by atoms with van der Waals surface area (Å²) in [5.41, 5.74) is 1.35. The number of likely N-dealkylation sites (N-methyl/N-ethyl adjacent to an activating group) is 1. The molecule has 10 heteroatoms. The first kappa shape index (κ1) is 23.6. The first-order valence-corrected chi connectivity index (χ1v) is 8.86. The first-order valence-electron chi connectivity index (χ1n) is 8.86. The molecule has 0 heterocycles. The zero-order chi connectivity index (χ0) is 21.6. The summed E-state index contributed by atoms with van der Waals surface area (Å²) in [7, 11) is 4.08. The maximum absolute atomic E-state index is 12.1. The topological polar surface area (TPSA) is 120 Å². The average molecular weight is 406 g/mol. The molecule has 0 unspecified atom stereocenters. The zero-order valence-corrected chi connectivity index (χ0v) is 17.2. The Morgan fingerprint density at radius 1 is 1.07 bits per heavy atom. The van der Waals surface area contributed by atoms with Crippen LogP contribution in [0.1, 0.15) is 31.4 Å².